The summed E-state index contributed by atoms with van der Waals surface area (Å²) in [5, 5.41) is 0. The fraction of sp³-hybridized carbons (Fsp3) is 0.263. The van der Waals surface area contributed by atoms with Crippen molar-refractivity contribution in [1.29, 1.82) is 0 Å². The van der Waals surface area contributed by atoms with Crippen LogP contribution in [0.4, 0.5) is 4.39 Å². The molecule has 2 aromatic rings. The van der Waals surface area contributed by atoms with Crippen LogP contribution in [0.15, 0.2) is 53.4 Å². The van der Waals surface area contributed by atoms with Crippen LogP contribution in [0.1, 0.15) is 6.92 Å². The van der Waals surface area contributed by atoms with Gasteiger partial charge in [0, 0.05) is 26.6 Å². The Morgan fingerprint density at radius 3 is 2.10 bits per heavy atom. The maximum Gasteiger partial charge on any atom is 0.243 e. The Morgan fingerprint density at radius 1 is 1.03 bits per heavy atom. The molecule has 0 spiro atoms. The van der Waals surface area contributed by atoms with Crippen LogP contribution in [-0.2, 0) is 19.6 Å². The average Bonchev–Trinajstić information content (AvgIpc) is 2.69. The number of carbonyl (C=O) groups excluding carboxylic acids is 2. The van der Waals surface area contributed by atoms with Gasteiger partial charge in [-0.05, 0) is 48.5 Å². The molecule has 1 saturated heterocycles. The molecule has 3 rings (SSSR count). The highest BCUT2D eigenvalue weighted by Crippen LogP contribution is 2.26. The molecule has 1 heterocycles. The van der Waals surface area contributed by atoms with E-state index in [0.717, 1.165) is 4.31 Å². The zero-order valence-electron chi connectivity index (χ0n) is 15.6. The van der Waals surface area contributed by atoms with E-state index in [1.807, 2.05) is 0 Å². The molecule has 1 aliphatic rings. The van der Waals surface area contributed by atoms with Crippen LogP contribution in [0.25, 0.3) is 0 Å². The second-order valence-electron chi connectivity index (χ2n) is 6.53. The summed E-state index contributed by atoms with van der Waals surface area (Å²) < 4.78 is 45.6. The smallest absolute Gasteiger partial charge is 0.243 e. The fourth-order valence-corrected chi connectivity index (χ4v) is 4.60. The van der Waals surface area contributed by atoms with Gasteiger partial charge in [-0.3, -0.25) is 9.59 Å². The van der Waals surface area contributed by atoms with Gasteiger partial charge in [0.25, 0.3) is 0 Å². The molecule has 0 aliphatic carbocycles. The minimum Gasteiger partial charge on any atom is -0.457 e. The van der Waals surface area contributed by atoms with Crippen molar-refractivity contribution in [2.45, 2.75) is 17.9 Å². The molecule has 0 bridgehead atoms. The highest BCUT2D eigenvalue weighted by Gasteiger charge is 2.39. The number of hydrogen-bond acceptors (Lipinski definition) is 5. The molecule has 2 N–H and O–H groups in total. The van der Waals surface area contributed by atoms with Crippen LogP contribution in [0.2, 0.25) is 0 Å². The van der Waals surface area contributed by atoms with Crippen LogP contribution >= 0.6 is 0 Å². The predicted octanol–water partition coefficient (Wildman–Crippen LogP) is 1.32. The minimum absolute atomic E-state index is 0.0357. The van der Waals surface area contributed by atoms with E-state index in [1.54, 1.807) is 0 Å². The van der Waals surface area contributed by atoms with Gasteiger partial charge < -0.3 is 15.4 Å². The molecule has 154 valence electrons. The van der Waals surface area contributed by atoms with E-state index in [2.05, 4.69) is 0 Å². The molecule has 1 atom stereocenters. The number of amides is 2. The number of hydrogen-bond donors (Lipinski definition) is 1. The topological polar surface area (TPSA) is 110 Å². The lowest BCUT2D eigenvalue weighted by Crippen LogP contribution is -2.60. The summed E-state index contributed by atoms with van der Waals surface area (Å²) in [5.41, 5.74) is 5.39. The second-order valence-corrected chi connectivity index (χ2v) is 8.42. The van der Waals surface area contributed by atoms with Crippen LogP contribution in [-0.4, -0.2) is 55.1 Å². The number of nitrogens with zero attached hydrogens (tertiary/aromatic N) is 2. The molecule has 1 unspecified atom stereocenters. The molecule has 0 radical (unpaired) electrons. The van der Waals surface area contributed by atoms with Crippen molar-refractivity contribution in [2.24, 2.45) is 5.73 Å². The highest BCUT2D eigenvalue weighted by atomic mass is 32.2. The lowest BCUT2D eigenvalue weighted by atomic mass is 10.2. The second kappa shape index (κ2) is 8.18. The molecule has 10 heteroatoms. The summed E-state index contributed by atoms with van der Waals surface area (Å²) in [7, 11) is -4.01. The van der Waals surface area contributed by atoms with Crippen molar-refractivity contribution in [3.63, 3.8) is 0 Å². The van der Waals surface area contributed by atoms with Gasteiger partial charge in [0.1, 0.15) is 23.4 Å². The summed E-state index contributed by atoms with van der Waals surface area (Å²) in [6.07, 6.45) is 0. The quantitative estimate of drug-likeness (QED) is 0.783. The number of sulfonamides is 1. The first-order chi connectivity index (χ1) is 13.7. The highest BCUT2D eigenvalue weighted by molar-refractivity contribution is 7.89. The van der Waals surface area contributed by atoms with Gasteiger partial charge in [0.15, 0.2) is 0 Å². The van der Waals surface area contributed by atoms with E-state index >= 15 is 0 Å². The van der Waals surface area contributed by atoms with Gasteiger partial charge in [-0.2, -0.15) is 4.31 Å². The van der Waals surface area contributed by atoms with E-state index in [-0.39, 0.29) is 30.4 Å². The number of ether oxygens (including phenoxy) is 1. The van der Waals surface area contributed by atoms with E-state index < -0.39 is 27.8 Å². The Morgan fingerprint density at radius 2 is 1.59 bits per heavy atom. The van der Waals surface area contributed by atoms with Crippen LogP contribution in [0.5, 0.6) is 11.5 Å². The van der Waals surface area contributed by atoms with Crippen molar-refractivity contribution in [2.75, 3.05) is 19.6 Å². The maximum atomic E-state index is 13.0. The molecule has 8 nitrogen and oxygen atoms in total. The van der Waals surface area contributed by atoms with Crippen molar-refractivity contribution in [3.05, 3.63) is 54.3 Å². The van der Waals surface area contributed by atoms with Crippen molar-refractivity contribution >= 4 is 21.8 Å². The fourth-order valence-electron chi connectivity index (χ4n) is 3.03. The first-order valence-electron chi connectivity index (χ1n) is 8.78. The molecule has 29 heavy (non-hydrogen) atoms. The number of halogens is 1. The predicted molar refractivity (Wildman–Crippen MR) is 102 cm³/mol. The Kier molecular flexibility index (Phi) is 5.85. The standard InChI is InChI=1S/C19H20FN3O5S/c1-13(24)22-10-11-23(18(12-22)19(21)25)29(26,27)17-8-6-16(7-9-17)28-15-4-2-14(20)3-5-15/h2-9,18H,10-12H2,1H3,(H2,21,25). The molecule has 2 amide bonds. The monoisotopic (exact) mass is 421 g/mol. The van der Waals surface area contributed by atoms with Gasteiger partial charge in [-0.15, -0.1) is 0 Å². The maximum absolute atomic E-state index is 13.0. The average molecular weight is 421 g/mol. The SMILES string of the molecule is CC(=O)N1CCN(S(=O)(=O)c2ccc(Oc3ccc(F)cc3)cc2)C(C(N)=O)C1. The number of primary amides is 1. The number of carbonyl (C=O) groups is 2. The molecule has 0 aromatic heterocycles. The normalized spacial score (nSPS) is 17.7. The summed E-state index contributed by atoms with van der Waals surface area (Å²) >= 11 is 0. The zero-order valence-corrected chi connectivity index (χ0v) is 16.4. The molecule has 1 fully saturated rings. The number of piperazine rings is 1. The summed E-state index contributed by atoms with van der Waals surface area (Å²) in [6, 6.07) is 9.87. The Bertz CT molecular complexity index is 1010. The van der Waals surface area contributed by atoms with Gasteiger partial charge in [0.05, 0.1) is 4.90 Å². The van der Waals surface area contributed by atoms with Crippen molar-refractivity contribution in [1.82, 2.24) is 9.21 Å². The van der Waals surface area contributed by atoms with E-state index in [1.165, 1.54) is 60.4 Å². The largest absolute Gasteiger partial charge is 0.457 e. The van der Waals surface area contributed by atoms with Crippen molar-refractivity contribution < 1.29 is 27.1 Å². The van der Waals surface area contributed by atoms with Gasteiger partial charge in [0.2, 0.25) is 21.8 Å². The summed E-state index contributed by atoms with van der Waals surface area (Å²) in [4.78, 5) is 24.7. The number of nitrogens with two attached hydrogens (primary N) is 1. The Balaban J connectivity index is 1.80. The molecule has 2 aromatic carbocycles. The van der Waals surface area contributed by atoms with E-state index in [4.69, 9.17) is 10.5 Å². The molecular weight excluding hydrogens is 401 g/mol. The summed E-state index contributed by atoms with van der Waals surface area (Å²) in [5.74, 6) is -0.710. The third-order valence-corrected chi connectivity index (χ3v) is 6.51. The van der Waals surface area contributed by atoms with Gasteiger partial charge in [-0.1, -0.05) is 0 Å². The molecule has 1 aliphatic heterocycles. The van der Waals surface area contributed by atoms with Crippen LogP contribution in [0, 0.1) is 5.82 Å². The third kappa shape index (κ3) is 4.54. The molecule has 0 saturated carbocycles. The lowest BCUT2D eigenvalue weighted by molar-refractivity contribution is -0.133. The van der Waals surface area contributed by atoms with E-state index in [9.17, 15) is 22.4 Å². The number of rotatable bonds is 5. The van der Waals surface area contributed by atoms with Crippen LogP contribution in [0.3, 0.4) is 0 Å². The third-order valence-electron chi connectivity index (χ3n) is 4.58. The number of benzene rings is 2. The van der Waals surface area contributed by atoms with Gasteiger partial charge in [-0.25, -0.2) is 12.8 Å². The first kappa shape index (κ1) is 20.7. The lowest BCUT2D eigenvalue weighted by Gasteiger charge is -2.38. The Labute approximate surface area is 167 Å². The summed E-state index contributed by atoms with van der Waals surface area (Å²) in [6.45, 7) is 1.39. The van der Waals surface area contributed by atoms with Crippen LogP contribution < -0.4 is 10.5 Å². The van der Waals surface area contributed by atoms with Gasteiger partial charge >= 0.3 is 0 Å². The zero-order chi connectivity index (χ0) is 21.2. The molecular formula is C19H20FN3O5S. The Hall–Kier alpha value is -2.98. The minimum atomic E-state index is -4.01. The van der Waals surface area contributed by atoms with Crippen molar-refractivity contribution in [3.8, 4) is 11.5 Å². The van der Waals surface area contributed by atoms with E-state index in [0.29, 0.717) is 11.5 Å². The first-order valence-corrected chi connectivity index (χ1v) is 10.2.